The molecule has 0 saturated carbocycles. The minimum Gasteiger partial charge on any atom is -0.497 e. The normalized spacial score (nSPS) is 9.74. The Hall–Kier alpha value is -2.51. The predicted octanol–water partition coefficient (Wildman–Crippen LogP) is 2.82. The molecule has 0 spiro atoms. The van der Waals surface area contributed by atoms with Gasteiger partial charge in [-0.1, -0.05) is 12.1 Å². The minimum atomic E-state index is 0.445. The molecule has 0 amide bonds. The molecule has 2 aromatic rings. The summed E-state index contributed by atoms with van der Waals surface area (Å²) in [6, 6.07) is 14.6. The van der Waals surface area contributed by atoms with E-state index < -0.39 is 0 Å². The van der Waals surface area contributed by atoms with Crippen LogP contribution in [0.2, 0.25) is 0 Å². The molecule has 4 heteroatoms. The second kappa shape index (κ2) is 5.89. The van der Waals surface area contributed by atoms with Crippen LogP contribution < -0.4 is 15.2 Å². The van der Waals surface area contributed by atoms with Gasteiger partial charge in [0.1, 0.15) is 23.3 Å². The third kappa shape index (κ3) is 3.03. The van der Waals surface area contributed by atoms with Gasteiger partial charge in [-0.25, -0.2) is 0 Å². The van der Waals surface area contributed by atoms with Gasteiger partial charge in [0, 0.05) is 12.6 Å². The van der Waals surface area contributed by atoms with Crippen molar-refractivity contribution in [3.8, 4) is 23.3 Å². The van der Waals surface area contributed by atoms with Gasteiger partial charge < -0.3 is 15.2 Å². The lowest BCUT2D eigenvalue weighted by Gasteiger charge is -2.10. The molecule has 2 N–H and O–H groups in total. The molecular weight excluding hydrogens is 240 g/mol. The van der Waals surface area contributed by atoms with E-state index in [9.17, 15) is 0 Å². The fourth-order valence-corrected chi connectivity index (χ4v) is 1.67. The van der Waals surface area contributed by atoms with Crippen molar-refractivity contribution in [3.63, 3.8) is 0 Å². The number of rotatable bonds is 4. The highest BCUT2D eigenvalue weighted by Crippen LogP contribution is 2.29. The Morgan fingerprint density at radius 3 is 2.68 bits per heavy atom. The molecule has 2 rings (SSSR count). The topological polar surface area (TPSA) is 68.3 Å². The van der Waals surface area contributed by atoms with Crippen LogP contribution in [0.25, 0.3) is 0 Å². The maximum atomic E-state index is 9.07. The minimum absolute atomic E-state index is 0.445. The molecule has 0 atom stereocenters. The van der Waals surface area contributed by atoms with Crippen LogP contribution >= 0.6 is 0 Å². The SMILES string of the molecule is COc1ccc(C#N)c(Oc2cccc(CN)c2)c1. The van der Waals surface area contributed by atoms with Gasteiger partial charge in [0.2, 0.25) is 0 Å². The van der Waals surface area contributed by atoms with Gasteiger partial charge in [0.25, 0.3) is 0 Å². The summed E-state index contributed by atoms with van der Waals surface area (Å²) in [5, 5.41) is 9.07. The van der Waals surface area contributed by atoms with Gasteiger partial charge in [0.05, 0.1) is 12.7 Å². The Morgan fingerprint density at radius 2 is 2.00 bits per heavy atom. The zero-order valence-corrected chi connectivity index (χ0v) is 10.6. The Balaban J connectivity index is 2.33. The number of ether oxygens (including phenoxy) is 2. The zero-order chi connectivity index (χ0) is 13.7. The van der Waals surface area contributed by atoms with E-state index in [0.29, 0.717) is 29.4 Å². The Morgan fingerprint density at radius 1 is 1.16 bits per heavy atom. The van der Waals surface area contributed by atoms with Crippen molar-refractivity contribution in [1.82, 2.24) is 0 Å². The van der Waals surface area contributed by atoms with Crippen molar-refractivity contribution in [1.29, 1.82) is 5.26 Å². The number of nitrogens with zero attached hydrogens (tertiary/aromatic N) is 1. The second-order valence-corrected chi connectivity index (χ2v) is 3.93. The molecule has 0 heterocycles. The summed E-state index contributed by atoms with van der Waals surface area (Å²) in [7, 11) is 1.57. The molecule has 0 aliphatic carbocycles. The van der Waals surface area contributed by atoms with Crippen LogP contribution in [0.3, 0.4) is 0 Å². The summed E-state index contributed by atoms with van der Waals surface area (Å²) in [5.74, 6) is 1.76. The van der Waals surface area contributed by atoms with Gasteiger partial charge in [0.15, 0.2) is 0 Å². The van der Waals surface area contributed by atoms with Gasteiger partial charge in [-0.2, -0.15) is 5.26 Å². The molecule has 2 aromatic carbocycles. The van der Waals surface area contributed by atoms with Crippen LogP contribution in [-0.4, -0.2) is 7.11 Å². The van der Waals surface area contributed by atoms with Crippen LogP contribution in [0.1, 0.15) is 11.1 Å². The van der Waals surface area contributed by atoms with Crippen LogP contribution in [0.15, 0.2) is 42.5 Å². The van der Waals surface area contributed by atoms with Crippen molar-refractivity contribution in [2.45, 2.75) is 6.54 Å². The molecule has 0 aliphatic heterocycles. The number of hydrogen-bond donors (Lipinski definition) is 1. The van der Waals surface area contributed by atoms with Crippen LogP contribution in [-0.2, 0) is 6.54 Å². The molecule has 4 nitrogen and oxygen atoms in total. The maximum absolute atomic E-state index is 9.07. The van der Waals surface area contributed by atoms with Crippen molar-refractivity contribution >= 4 is 0 Å². The smallest absolute Gasteiger partial charge is 0.148 e. The summed E-state index contributed by atoms with van der Waals surface area (Å²) < 4.78 is 10.9. The average molecular weight is 254 g/mol. The molecule has 0 unspecified atom stereocenters. The summed E-state index contributed by atoms with van der Waals surface area (Å²) in [6.07, 6.45) is 0. The summed E-state index contributed by atoms with van der Waals surface area (Å²) in [4.78, 5) is 0. The summed E-state index contributed by atoms with van der Waals surface area (Å²) in [5.41, 5.74) is 7.01. The highest BCUT2D eigenvalue weighted by atomic mass is 16.5. The molecule has 0 radical (unpaired) electrons. The van der Waals surface area contributed by atoms with E-state index >= 15 is 0 Å². The monoisotopic (exact) mass is 254 g/mol. The van der Waals surface area contributed by atoms with Crippen molar-refractivity contribution in [3.05, 3.63) is 53.6 Å². The predicted molar refractivity (Wildman–Crippen MR) is 72.1 cm³/mol. The van der Waals surface area contributed by atoms with E-state index in [-0.39, 0.29) is 0 Å². The number of benzene rings is 2. The second-order valence-electron chi connectivity index (χ2n) is 3.93. The number of hydrogen-bond acceptors (Lipinski definition) is 4. The Labute approximate surface area is 112 Å². The standard InChI is InChI=1S/C15H14N2O2/c1-18-13-6-5-12(10-17)15(8-13)19-14-4-2-3-11(7-14)9-16/h2-8H,9,16H2,1H3. The third-order valence-electron chi connectivity index (χ3n) is 2.67. The van der Waals surface area contributed by atoms with E-state index in [2.05, 4.69) is 6.07 Å². The molecule has 0 aromatic heterocycles. The molecule has 0 saturated heterocycles. The largest absolute Gasteiger partial charge is 0.497 e. The van der Waals surface area contributed by atoms with E-state index in [1.165, 1.54) is 0 Å². The summed E-state index contributed by atoms with van der Waals surface area (Å²) in [6.45, 7) is 0.445. The molecular formula is C15H14N2O2. The van der Waals surface area contributed by atoms with Crippen molar-refractivity contribution in [2.75, 3.05) is 7.11 Å². The molecule has 0 aliphatic rings. The van der Waals surface area contributed by atoms with E-state index in [0.717, 1.165) is 5.56 Å². The molecule has 0 bridgehead atoms. The van der Waals surface area contributed by atoms with Gasteiger partial charge in [-0.05, 0) is 29.8 Å². The van der Waals surface area contributed by atoms with Crippen molar-refractivity contribution < 1.29 is 9.47 Å². The van der Waals surface area contributed by atoms with Gasteiger partial charge in [-0.3, -0.25) is 0 Å². The van der Waals surface area contributed by atoms with Crippen molar-refractivity contribution in [2.24, 2.45) is 5.73 Å². The Kier molecular flexibility index (Phi) is 4.01. The highest BCUT2D eigenvalue weighted by Gasteiger charge is 2.07. The average Bonchev–Trinajstić information content (AvgIpc) is 2.47. The van der Waals surface area contributed by atoms with Gasteiger partial charge >= 0.3 is 0 Å². The summed E-state index contributed by atoms with van der Waals surface area (Å²) >= 11 is 0. The van der Waals surface area contributed by atoms with E-state index in [4.69, 9.17) is 20.5 Å². The third-order valence-corrected chi connectivity index (χ3v) is 2.67. The van der Waals surface area contributed by atoms with E-state index in [1.807, 2.05) is 24.3 Å². The number of methoxy groups -OCH3 is 1. The first-order valence-electron chi connectivity index (χ1n) is 5.82. The first kappa shape index (κ1) is 12.9. The fourth-order valence-electron chi connectivity index (χ4n) is 1.67. The maximum Gasteiger partial charge on any atom is 0.148 e. The Bertz CT molecular complexity index is 618. The first-order chi connectivity index (χ1) is 9.26. The van der Waals surface area contributed by atoms with E-state index in [1.54, 1.807) is 25.3 Å². The first-order valence-corrected chi connectivity index (χ1v) is 5.82. The van der Waals surface area contributed by atoms with Gasteiger partial charge in [-0.15, -0.1) is 0 Å². The lowest BCUT2D eigenvalue weighted by atomic mass is 10.2. The highest BCUT2D eigenvalue weighted by molar-refractivity contribution is 5.49. The quantitative estimate of drug-likeness (QED) is 0.910. The van der Waals surface area contributed by atoms with Crippen LogP contribution in [0.5, 0.6) is 17.2 Å². The fraction of sp³-hybridized carbons (Fsp3) is 0.133. The number of nitriles is 1. The number of nitrogens with two attached hydrogens (primary N) is 1. The molecule has 96 valence electrons. The van der Waals surface area contributed by atoms with Crippen LogP contribution in [0, 0.1) is 11.3 Å². The molecule has 19 heavy (non-hydrogen) atoms. The lowest BCUT2D eigenvalue weighted by molar-refractivity contribution is 0.408. The lowest BCUT2D eigenvalue weighted by Crippen LogP contribution is -1.96. The molecule has 0 fully saturated rings. The zero-order valence-electron chi connectivity index (χ0n) is 10.6. The van der Waals surface area contributed by atoms with Crippen LogP contribution in [0.4, 0.5) is 0 Å².